The van der Waals surface area contributed by atoms with E-state index < -0.39 is 17.7 Å². The third kappa shape index (κ3) is 3.88. The first-order valence-corrected chi connectivity index (χ1v) is 7.95. The van der Waals surface area contributed by atoms with Crippen molar-refractivity contribution in [3.05, 3.63) is 77.2 Å². The minimum atomic E-state index is -0.611. The van der Waals surface area contributed by atoms with Gasteiger partial charge in [-0.2, -0.15) is 4.98 Å². The summed E-state index contributed by atoms with van der Waals surface area (Å²) in [4.78, 5) is 10.3. The van der Waals surface area contributed by atoms with Crippen LogP contribution in [-0.2, 0) is 13.0 Å². The highest BCUT2D eigenvalue weighted by atomic mass is 19.1. The number of pyridine rings is 1. The average molecular weight is 344 g/mol. The van der Waals surface area contributed by atoms with Crippen molar-refractivity contribution in [3.8, 4) is 0 Å². The number of hydrogen-bond acceptors (Lipinski definition) is 5. The molecule has 1 atom stereocenters. The molecule has 0 unspecified atom stereocenters. The Balaban J connectivity index is 1.95. The van der Waals surface area contributed by atoms with E-state index in [0.717, 1.165) is 11.6 Å². The maximum absolute atomic E-state index is 14.4. The molecular formula is C18H18F2N4O. The van der Waals surface area contributed by atoms with Crippen molar-refractivity contribution in [2.75, 3.05) is 7.05 Å². The predicted molar refractivity (Wildman–Crippen MR) is 87.6 cm³/mol. The molecule has 25 heavy (non-hydrogen) atoms. The van der Waals surface area contributed by atoms with Crippen molar-refractivity contribution in [2.24, 2.45) is 0 Å². The molecule has 0 aliphatic heterocycles. The molecular weight excluding hydrogens is 326 g/mol. The molecule has 0 bridgehead atoms. The quantitative estimate of drug-likeness (QED) is 0.685. The van der Waals surface area contributed by atoms with Gasteiger partial charge in [0.15, 0.2) is 5.82 Å². The molecule has 0 radical (unpaired) electrons. The zero-order chi connectivity index (χ0) is 17.8. The van der Waals surface area contributed by atoms with Crippen LogP contribution in [0.5, 0.6) is 0 Å². The summed E-state index contributed by atoms with van der Waals surface area (Å²) in [5, 5.41) is 3.94. The van der Waals surface area contributed by atoms with Crippen molar-refractivity contribution in [1.82, 2.24) is 20.0 Å². The van der Waals surface area contributed by atoms with E-state index in [1.54, 1.807) is 18.5 Å². The molecule has 0 amide bonds. The first-order valence-electron chi connectivity index (χ1n) is 7.95. The molecule has 3 aromatic rings. The molecule has 0 saturated heterocycles. The summed E-state index contributed by atoms with van der Waals surface area (Å²) in [6.07, 6.45) is 3.96. The minimum Gasteiger partial charge on any atom is -0.339 e. The largest absolute Gasteiger partial charge is 0.339 e. The molecule has 0 aliphatic carbocycles. The van der Waals surface area contributed by atoms with Crippen molar-refractivity contribution in [3.63, 3.8) is 0 Å². The predicted octanol–water partition coefficient (Wildman–Crippen LogP) is 3.53. The molecule has 0 saturated carbocycles. The van der Waals surface area contributed by atoms with Crippen molar-refractivity contribution >= 4 is 0 Å². The van der Waals surface area contributed by atoms with Crippen molar-refractivity contribution in [2.45, 2.75) is 25.9 Å². The van der Waals surface area contributed by atoms with Gasteiger partial charge in [0.25, 0.3) is 0 Å². The lowest BCUT2D eigenvalue weighted by Crippen LogP contribution is -2.26. The number of nitrogens with zero attached hydrogens (tertiary/aromatic N) is 4. The summed E-state index contributed by atoms with van der Waals surface area (Å²) < 4.78 is 32.8. The molecule has 2 aromatic heterocycles. The molecule has 0 aliphatic rings. The van der Waals surface area contributed by atoms with E-state index in [1.807, 2.05) is 24.9 Å². The lowest BCUT2D eigenvalue weighted by molar-refractivity contribution is 0.253. The summed E-state index contributed by atoms with van der Waals surface area (Å²) >= 11 is 0. The number of benzene rings is 1. The highest BCUT2D eigenvalue weighted by Crippen LogP contribution is 2.30. The molecule has 0 N–H and O–H groups in total. The van der Waals surface area contributed by atoms with Gasteiger partial charge in [0.05, 0.1) is 12.6 Å². The number of aromatic nitrogens is 3. The van der Waals surface area contributed by atoms with E-state index in [1.165, 1.54) is 12.1 Å². The van der Waals surface area contributed by atoms with Crippen LogP contribution >= 0.6 is 0 Å². The van der Waals surface area contributed by atoms with Crippen molar-refractivity contribution in [1.29, 1.82) is 0 Å². The number of rotatable bonds is 6. The van der Waals surface area contributed by atoms with E-state index in [4.69, 9.17) is 4.52 Å². The van der Waals surface area contributed by atoms with Gasteiger partial charge in [-0.15, -0.1) is 0 Å². The number of aryl methyl sites for hydroxylation is 1. The van der Waals surface area contributed by atoms with E-state index in [-0.39, 0.29) is 0 Å². The van der Waals surface area contributed by atoms with Crippen LogP contribution in [0.25, 0.3) is 0 Å². The third-order valence-corrected chi connectivity index (χ3v) is 3.90. The Morgan fingerprint density at radius 3 is 2.72 bits per heavy atom. The molecule has 2 heterocycles. The normalized spacial score (nSPS) is 12.5. The summed E-state index contributed by atoms with van der Waals surface area (Å²) in [6, 6.07) is 6.76. The Morgan fingerprint density at radius 1 is 1.24 bits per heavy atom. The van der Waals surface area contributed by atoms with Crippen LogP contribution in [0.1, 0.15) is 35.8 Å². The van der Waals surface area contributed by atoms with Crippen LogP contribution in [0.15, 0.2) is 47.2 Å². The smallest absolute Gasteiger partial charge is 0.226 e. The van der Waals surface area contributed by atoms with Gasteiger partial charge in [-0.05, 0) is 24.7 Å². The maximum Gasteiger partial charge on any atom is 0.226 e. The van der Waals surface area contributed by atoms with Gasteiger partial charge in [-0.25, -0.2) is 8.78 Å². The molecule has 0 spiro atoms. The second-order valence-corrected chi connectivity index (χ2v) is 5.73. The Labute approximate surface area is 144 Å². The second kappa shape index (κ2) is 7.48. The lowest BCUT2D eigenvalue weighted by atomic mass is 9.98. The van der Waals surface area contributed by atoms with E-state index in [9.17, 15) is 8.78 Å². The lowest BCUT2D eigenvalue weighted by Gasteiger charge is -2.28. The molecule has 3 rings (SSSR count). The van der Waals surface area contributed by atoms with Gasteiger partial charge in [0, 0.05) is 30.4 Å². The Hall–Kier alpha value is -2.67. The Morgan fingerprint density at radius 2 is 2.08 bits per heavy atom. The molecule has 7 heteroatoms. The highest BCUT2D eigenvalue weighted by molar-refractivity contribution is 5.31. The van der Waals surface area contributed by atoms with E-state index >= 15 is 0 Å². The topological polar surface area (TPSA) is 55.1 Å². The summed E-state index contributed by atoms with van der Waals surface area (Å²) in [5.41, 5.74) is 1.14. The SMILES string of the molecule is CCc1nc(CN(C)[C@H](c2cccnc2)c2ccc(F)cc2F)no1. The molecule has 1 aromatic carbocycles. The molecule has 130 valence electrons. The first-order chi connectivity index (χ1) is 12.1. The van der Waals surface area contributed by atoms with Crippen LogP contribution in [-0.4, -0.2) is 27.1 Å². The molecule has 5 nitrogen and oxygen atoms in total. The fraction of sp³-hybridized carbons (Fsp3) is 0.278. The van der Waals surface area contributed by atoms with Crippen molar-refractivity contribution < 1.29 is 13.3 Å². The Kier molecular flexibility index (Phi) is 5.14. The van der Waals surface area contributed by atoms with Crippen LogP contribution < -0.4 is 0 Å². The van der Waals surface area contributed by atoms with Crippen LogP contribution in [0.2, 0.25) is 0 Å². The summed E-state index contributed by atoms with van der Waals surface area (Å²) in [7, 11) is 1.82. The average Bonchev–Trinajstić information content (AvgIpc) is 3.05. The van der Waals surface area contributed by atoms with Crippen LogP contribution in [0.4, 0.5) is 8.78 Å². The zero-order valence-corrected chi connectivity index (χ0v) is 14.0. The number of hydrogen-bond donors (Lipinski definition) is 0. The zero-order valence-electron chi connectivity index (χ0n) is 14.0. The monoisotopic (exact) mass is 344 g/mol. The number of halogens is 2. The second-order valence-electron chi connectivity index (χ2n) is 5.73. The maximum atomic E-state index is 14.4. The fourth-order valence-electron chi connectivity index (χ4n) is 2.74. The minimum absolute atomic E-state index is 0.347. The Bertz CT molecular complexity index is 838. The van der Waals surface area contributed by atoms with Gasteiger partial charge in [0.1, 0.15) is 11.6 Å². The van der Waals surface area contributed by atoms with Crippen LogP contribution in [0.3, 0.4) is 0 Å². The van der Waals surface area contributed by atoms with Gasteiger partial charge in [0.2, 0.25) is 5.89 Å². The highest BCUT2D eigenvalue weighted by Gasteiger charge is 2.24. The van der Waals surface area contributed by atoms with Gasteiger partial charge in [-0.1, -0.05) is 24.2 Å². The standard InChI is InChI=1S/C18H18F2N4O/c1-3-17-22-16(23-25-17)11-24(2)18(12-5-4-8-21-10-12)14-7-6-13(19)9-15(14)20/h4-10,18H,3,11H2,1-2H3/t18-/m1/s1. The summed E-state index contributed by atoms with van der Waals surface area (Å²) in [6.45, 7) is 2.27. The molecule has 0 fully saturated rings. The van der Waals surface area contributed by atoms with Gasteiger partial charge in [-0.3, -0.25) is 9.88 Å². The van der Waals surface area contributed by atoms with Gasteiger partial charge < -0.3 is 4.52 Å². The van der Waals surface area contributed by atoms with E-state index in [0.29, 0.717) is 30.2 Å². The third-order valence-electron chi connectivity index (χ3n) is 3.90. The van der Waals surface area contributed by atoms with Crippen LogP contribution in [0, 0.1) is 11.6 Å². The fourth-order valence-corrected chi connectivity index (χ4v) is 2.74. The first kappa shape index (κ1) is 17.2. The van der Waals surface area contributed by atoms with E-state index in [2.05, 4.69) is 15.1 Å². The van der Waals surface area contributed by atoms with Gasteiger partial charge >= 0.3 is 0 Å². The summed E-state index contributed by atoms with van der Waals surface area (Å²) in [5.74, 6) is -0.160.